The maximum Gasteiger partial charge on any atom is 0.225 e. The molecule has 0 aromatic heterocycles. The zero-order valence-corrected chi connectivity index (χ0v) is 16.6. The number of amides is 2. The van der Waals surface area contributed by atoms with Crippen LogP contribution in [0, 0.1) is 17.8 Å². The summed E-state index contributed by atoms with van der Waals surface area (Å²) in [6.45, 7) is 9.77. The highest BCUT2D eigenvalue weighted by Gasteiger charge is 2.41. The number of benzene rings is 1. The van der Waals surface area contributed by atoms with Crippen molar-refractivity contribution in [1.82, 2.24) is 10.2 Å². The van der Waals surface area contributed by atoms with Gasteiger partial charge in [0.15, 0.2) is 0 Å². The summed E-state index contributed by atoms with van der Waals surface area (Å²) < 4.78 is 5.51. The van der Waals surface area contributed by atoms with Gasteiger partial charge in [0.25, 0.3) is 0 Å². The van der Waals surface area contributed by atoms with Crippen LogP contribution in [0.3, 0.4) is 0 Å². The second-order valence-corrected chi connectivity index (χ2v) is 7.83. The molecule has 1 fully saturated rings. The van der Waals surface area contributed by atoms with E-state index >= 15 is 0 Å². The van der Waals surface area contributed by atoms with Crippen LogP contribution < -0.4 is 10.1 Å². The molecule has 5 nitrogen and oxygen atoms in total. The molecular weight excluding hydrogens is 328 g/mol. The van der Waals surface area contributed by atoms with Gasteiger partial charge in [0, 0.05) is 31.5 Å². The minimum Gasteiger partial charge on any atom is -0.496 e. The second kappa shape index (κ2) is 9.06. The van der Waals surface area contributed by atoms with E-state index in [2.05, 4.69) is 19.2 Å². The number of likely N-dealkylation sites (tertiary alicyclic amines) is 1. The Bertz CT molecular complexity index is 627. The van der Waals surface area contributed by atoms with Crippen molar-refractivity contribution in [3.63, 3.8) is 0 Å². The summed E-state index contributed by atoms with van der Waals surface area (Å²) in [7, 11) is 1.64. The van der Waals surface area contributed by atoms with E-state index in [4.69, 9.17) is 4.74 Å². The molecule has 0 saturated carbocycles. The Hall–Kier alpha value is -2.04. The van der Waals surface area contributed by atoms with E-state index in [-0.39, 0.29) is 29.6 Å². The molecule has 2 atom stereocenters. The van der Waals surface area contributed by atoms with E-state index in [9.17, 15) is 9.59 Å². The van der Waals surface area contributed by atoms with Crippen LogP contribution in [0.5, 0.6) is 5.75 Å². The minimum atomic E-state index is -0.249. The molecule has 1 aromatic rings. The van der Waals surface area contributed by atoms with Crippen molar-refractivity contribution in [1.29, 1.82) is 0 Å². The molecule has 144 valence electrons. The molecule has 1 aromatic carbocycles. The highest BCUT2D eigenvalue weighted by molar-refractivity contribution is 5.84. The van der Waals surface area contributed by atoms with E-state index in [1.165, 1.54) is 0 Å². The SMILES string of the molecule is COc1ccccc1C1CN(C(=O)C(C)C)CC1C(=O)NCCC(C)C. The lowest BCUT2D eigenvalue weighted by molar-refractivity contribution is -0.133. The Kier molecular flexibility index (Phi) is 7.06. The summed E-state index contributed by atoms with van der Waals surface area (Å²) in [6.07, 6.45) is 0.951. The topological polar surface area (TPSA) is 58.6 Å². The molecule has 0 bridgehead atoms. The smallest absolute Gasteiger partial charge is 0.225 e. The zero-order valence-electron chi connectivity index (χ0n) is 16.6. The lowest BCUT2D eigenvalue weighted by Crippen LogP contribution is -2.37. The van der Waals surface area contributed by atoms with Gasteiger partial charge in [0.05, 0.1) is 13.0 Å². The van der Waals surface area contributed by atoms with E-state index in [0.29, 0.717) is 25.6 Å². The van der Waals surface area contributed by atoms with Crippen LogP contribution in [0.25, 0.3) is 0 Å². The van der Waals surface area contributed by atoms with Gasteiger partial charge in [0.1, 0.15) is 5.75 Å². The Labute approximate surface area is 157 Å². The zero-order chi connectivity index (χ0) is 19.3. The Morgan fingerprint density at radius 1 is 1.19 bits per heavy atom. The van der Waals surface area contributed by atoms with Crippen molar-refractivity contribution in [2.75, 3.05) is 26.7 Å². The van der Waals surface area contributed by atoms with Crippen LogP contribution in [0.4, 0.5) is 0 Å². The molecule has 26 heavy (non-hydrogen) atoms. The van der Waals surface area contributed by atoms with Crippen LogP contribution in [-0.2, 0) is 9.59 Å². The molecular formula is C21H32N2O3. The number of para-hydroxylation sites is 1. The number of nitrogens with zero attached hydrogens (tertiary/aromatic N) is 1. The van der Waals surface area contributed by atoms with Crippen molar-refractivity contribution in [2.45, 2.75) is 40.0 Å². The molecule has 1 aliphatic rings. The van der Waals surface area contributed by atoms with Crippen molar-refractivity contribution in [3.05, 3.63) is 29.8 Å². The fraction of sp³-hybridized carbons (Fsp3) is 0.619. The van der Waals surface area contributed by atoms with Gasteiger partial charge >= 0.3 is 0 Å². The third kappa shape index (κ3) is 4.77. The Balaban J connectivity index is 2.23. The molecule has 1 heterocycles. The maximum absolute atomic E-state index is 12.9. The normalized spacial score (nSPS) is 19.9. The van der Waals surface area contributed by atoms with Crippen molar-refractivity contribution >= 4 is 11.8 Å². The third-order valence-electron chi connectivity index (χ3n) is 5.02. The van der Waals surface area contributed by atoms with Crippen molar-refractivity contribution in [3.8, 4) is 5.75 Å². The molecule has 5 heteroatoms. The fourth-order valence-corrected chi connectivity index (χ4v) is 3.52. The van der Waals surface area contributed by atoms with Crippen molar-refractivity contribution in [2.24, 2.45) is 17.8 Å². The number of ether oxygens (including phenoxy) is 1. The molecule has 0 radical (unpaired) electrons. The van der Waals surface area contributed by atoms with E-state index < -0.39 is 0 Å². The number of hydrogen-bond donors (Lipinski definition) is 1. The summed E-state index contributed by atoms with van der Waals surface area (Å²) in [5.74, 6) is 1.08. The predicted molar refractivity (Wildman–Crippen MR) is 103 cm³/mol. The van der Waals surface area contributed by atoms with E-state index in [1.54, 1.807) is 7.11 Å². The van der Waals surface area contributed by atoms with Gasteiger partial charge in [-0.25, -0.2) is 0 Å². The summed E-state index contributed by atoms with van der Waals surface area (Å²) >= 11 is 0. The number of carbonyl (C=O) groups is 2. The summed E-state index contributed by atoms with van der Waals surface area (Å²) in [5, 5.41) is 3.06. The monoisotopic (exact) mass is 360 g/mol. The number of methoxy groups -OCH3 is 1. The maximum atomic E-state index is 12.9. The first-order valence-electron chi connectivity index (χ1n) is 9.54. The van der Waals surface area contributed by atoms with Gasteiger partial charge in [-0.1, -0.05) is 45.9 Å². The molecule has 0 spiro atoms. The summed E-state index contributed by atoms with van der Waals surface area (Å²) in [4.78, 5) is 27.2. The fourth-order valence-electron chi connectivity index (χ4n) is 3.52. The number of rotatable bonds is 7. The Morgan fingerprint density at radius 3 is 2.50 bits per heavy atom. The van der Waals surface area contributed by atoms with Crippen LogP contribution in [-0.4, -0.2) is 43.5 Å². The average molecular weight is 360 g/mol. The summed E-state index contributed by atoms with van der Waals surface area (Å²) in [5.41, 5.74) is 0.998. The van der Waals surface area contributed by atoms with Gasteiger partial charge in [0.2, 0.25) is 11.8 Å². The highest BCUT2D eigenvalue weighted by Crippen LogP contribution is 2.38. The van der Waals surface area contributed by atoms with Gasteiger partial charge in [-0.05, 0) is 24.0 Å². The molecule has 0 aliphatic carbocycles. The molecule has 1 aliphatic heterocycles. The van der Waals surface area contributed by atoms with Gasteiger partial charge in [-0.2, -0.15) is 0 Å². The highest BCUT2D eigenvalue weighted by atomic mass is 16.5. The molecule has 2 unspecified atom stereocenters. The van der Waals surface area contributed by atoms with Crippen LogP contribution in [0.2, 0.25) is 0 Å². The van der Waals surface area contributed by atoms with E-state index in [0.717, 1.165) is 17.7 Å². The Morgan fingerprint density at radius 2 is 1.88 bits per heavy atom. The number of nitrogens with one attached hydrogen (secondary N) is 1. The largest absolute Gasteiger partial charge is 0.496 e. The van der Waals surface area contributed by atoms with E-state index in [1.807, 2.05) is 43.0 Å². The molecule has 1 saturated heterocycles. The first-order valence-corrected chi connectivity index (χ1v) is 9.54. The van der Waals surface area contributed by atoms with Crippen LogP contribution in [0.1, 0.15) is 45.6 Å². The summed E-state index contributed by atoms with van der Waals surface area (Å²) in [6, 6.07) is 7.79. The van der Waals surface area contributed by atoms with Crippen LogP contribution in [0.15, 0.2) is 24.3 Å². The lowest BCUT2D eigenvalue weighted by atomic mass is 9.87. The van der Waals surface area contributed by atoms with Crippen molar-refractivity contribution < 1.29 is 14.3 Å². The second-order valence-electron chi connectivity index (χ2n) is 7.83. The first kappa shape index (κ1) is 20.3. The third-order valence-corrected chi connectivity index (χ3v) is 5.02. The van der Waals surface area contributed by atoms with Gasteiger partial charge in [-0.15, -0.1) is 0 Å². The minimum absolute atomic E-state index is 0.0283. The molecule has 1 N–H and O–H groups in total. The molecule has 2 rings (SSSR count). The van der Waals surface area contributed by atoms with Crippen LogP contribution >= 0.6 is 0 Å². The molecule has 2 amide bonds. The predicted octanol–water partition coefficient (Wildman–Crippen LogP) is 3.06. The number of hydrogen-bond acceptors (Lipinski definition) is 3. The lowest BCUT2D eigenvalue weighted by Gasteiger charge is -2.20. The average Bonchev–Trinajstić information content (AvgIpc) is 3.05. The first-order chi connectivity index (χ1) is 12.3. The van der Waals surface area contributed by atoms with Gasteiger partial charge in [-0.3, -0.25) is 9.59 Å². The standard InChI is InChI=1S/C21H32N2O3/c1-14(2)10-11-22-20(24)18-13-23(21(25)15(3)4)12-17(18)16-8-6-7-9-19(16)26-5/h6-9,14-15,17-18H,10-13H2,1-5H3,(H,22,24). The quantitative estimate of drug-likeness (QED) is 0.813. The number of carbonyl (C=O) groups excluding carboxylic acids is 2. The van der Waals surface area contributed by atoms with Gasteiger partial charge < -0.3 is 15.0 Å².